The fourth-order valence-electron chi connectivity index (χ4n) is 2.98. The predicted molar refractivity (Wildman–Crippen MR) is 96.8 cm³/mol. The molecule has 6 nitrogen and oxygen atoms in total. The molecule has 0 saturated carbocycles. The lowest BCUT2D eigenvalue weighted by molar-refractivity contribution is -0.123. The molecular weight excluding hydrogens is 316 g/mol. The molecule has 2 aromatic carbocycles. The summed E-state index contributed by atoms with van der Waals surface area (Å²) >= 11 is 0. The van der Waals surface area contributed by atoms with E-state index in [-0.39, 0.29) is 5.56 Å². The van der Waals surface area contributed by atoms with E-state index in [2.05, 4.69) is 9.97 Å². The zero-order chi connectivity index (χ0) is 17.8. The summed E-state index contributed by atoms with van der Waals surface area (Å²) < 4.78 is 0. The van der Waals surface area contributed by atoms with E-state index in [0.29, 0.717) is 29.8 Å². The molecule has 3 N–H and O–H groups in total. The number of amides is 1. The summed E-state index contributed by atoms with van der Waals surface area (Å²) in [5.74, 6) is 0.0731. The van der Waals surface area contributed by atoms with Crippen molar-refractivity contribution in [2.75, 3.05) is 6.54 Å². The number of aromatic amines is 1. The zero-order valence-electron chi connectivity index (χ0n) is 14.0. The third-order valence-electron chi connectivity index (χ3n) is 4.17. The van der Waals surface area contributed by atoms with Crippen molar-refractivity contribution in [3.8, 4) is 0 Å². The number of rotatable bonds is 6. The zero-order valence-corrected chi connectivity index (χ0v) is 14.0. The van der Waals surface area contributed by atoms with E-state index in [4.69, 9.17) is 5.73 Å². The van der Waals surface area contributed by atoms with Crippen LogP contribution in [0, 0.1) is 0 Å². The normalized spacial score (nSPS) is 12.4. The summed E-state index contributed by atoms with van der Waals surface area (Å²) in [5.41, 5.74) is 6.91. The molecule has 3 rings (SSSR count). The van der Waals surface area contributed by atoms with Gasteiger partial charge in [0.25, 0.3) is 5.56 Å². The molecule has 6 heteroatoms. The van der Waals surface area contributed by atoms with Crippen LogP contribution in [0.3, 0.4) is 0 Å². The van der Waals surface area contributed by atoms with E-state index in [0.717, 1.165) is 5.56 Å². The number of H-pyrrole nitrogens is 1. The molecule has 0 aliphatic carbocycles. The maximum Gasteiger partial charge on any atom is 0.258 e. The van der Waals surface area contributed by atoms with E-state index in [1.807, 2.05) is 48.2 Å². The Hall–Kier alpha value is -2.99. The van der Waals surface area contributed by atoms with Crippen molar-refractivity contribution in [1.29, 1.82) is 0 Å². The average molecular weight is 336 g/mol. The lowest BCUT2D eigenvalue weighted by atomic mass is 10.0. The first-order valence-corrected chi connectivity index (χ1v) is 8.16. The Morgan fingerprint density at radius 3 is 2.52 bits per heavy atom. The van der Waals surface area contributed by atoms with Gasteiger partial charge in [-0.25, -0.2) is 4.98 Å². The van der Waals surface area contributed by atoms with Crippen LogP contribution in [0.25, 0.3) is 10.9 Å². The molecule has 25 heavy (non-hydrogen) atoms. The Kier molecular flexibility index (Phi) is 4.90. The van der Waals surface area contributed by atoms with Crippen molar-refractivity contribution in [3.63, 3.8) is 0 Å². The lowest BCUT2D eigenvalue weighted by Crippen LogP contribution is -2.38. The number of hydrogen-bond acceptors (Lipinski definition) is 4. The fraction of sp³-hybridized carbons (Fsp3) is 0.211. The number of nitrogens with two attached hydrogens (primary N) is 1. The fourth-order valence-corrected chi connectivity index (χ4v) is 2.98. The number of para-hydroxylation sites is 1. The maximum absolute atomic E-state index is 12.2. The molecule has 1 aromatic heterocycles. The molecule has 1 amide bonds. The molecule has 0 radical (unpaired) electrons. The number of aromatic nitrogens is 2. The highest BCUT2D eigenvalue weighted by Gasteiger charge is 2.25. The number of hydrogen-bond donors (Lipinski definition) is 2. The van der Waals surface area contributed by atoms with Gasteiger partial charge in [0, 0.05) is 0 Å². The Balaban J connectivity index is 1.96. The highest BCUT2D eigenvalue weighted by atomic mass is 16.1. The maximum atomic E-state index is 12.2. The van der Waals surface area contributed by atoms with Crippen molar-refractivity contribution in [2.45, 2.75) is 19.5 Å². The average Bonchev–Trinajstić information content (AvgIpc) is 2.62. The molecule has 0 bridgehead atoms. The van der Waals surface area contributed by atoms with Crippen LogP contribution in [-0.4, -0.2) is 27.3 Å². The summed E-state index contributed by atoms with van der Waals surface area (Å²) in [5, 5.41) is 0.545. The van der Waals surface area contributed by atoms with E-state index in [1.54, 1.807) is 18.2 Å². The highest BCUT2D eigenvalue weighted by molar-refractivity contribution is 5.81. The number of nitrogens with one attached hydrogen (secondary N) is 1. The van der Waals surface area contributed by atoms with E-state index in [9.17, 15) is 9.59 Å². The predicted octanol–water partition coefficient (Wildman–Crippen LogP) is 1.97. The van der Waals surface area contributed by atoms with Crippen LogP contribution in [0.1, 0.15) is 24.4 Å². The summed E-state index contributed by atoms with van der Waals surface area (Å²) in [7, 11) is 0. The van der Waals surface area contributed by atoms with E-state index >= 15 is 0 Å². The standard InChI is InChI=1S/C19H20N4O2/c1-2-23(17(18(20)24)13-8-4-3-5-9-13)12-16-21-15-11-7-6-10-14(15)19(25)22-16/h3-11,17H,2,12H2,1H3,(H2,20,24)(H,21,22,25). The van der Waals surface area contributed by atoms with Crippen molar-refractivity contribution in [1.82, 2.24) is 14.9 Å². The Morgan fingerprint density at radius 1 is 1.16 bits per heavy atom. The molecule has 1 atom stereocenters. The van der Waals surface area contributed by atoms with Gasteiger partial charge in [-0.05, 0) is 24.2 Å². The molecule has 1 unspecified atom stereocenters. The summed E-state index contributed by atoms with van der Waals surface area (Å²) in [6.07, 6.45) is 0. The second kappa shape index (κ2) is 7.27. The first kappa shape index (κ1) is 16.9. The smallest absolute Gasteiger partial charge is 0.258 e. The van der Waals surface area contributed by atoms with Crippen LogP contribution in [0.5, 0.6) is 0 Å². The van der Waals surface area contributed by atoms with Gasteiger partial charge in [0.15, 0.2) is 0 Å². The van der Waals surface area contributed by atoms with Crippen molar-refractivity contribution < 1.29 is 4.79 Å². The molecule has 1 heterocycles. The van der Waals surface area contributed by atoms with Gasteiger partial charge in [0.2, 0.25) is 5.91 Å². The first-order valence-electron chi connectivity index (χ1n) is 8.16. The van der Waals surface area contributed by atoms with Crippen molar-refractivity contribution >= 4 is 16.8 Å². The van der Waals surface area contributed by atoms with Gasteiger partial charge in [0.05, 0.1) is 17.4 Å². The van der Waals surface area contributed by atoms with Gasteiger partial charge >= 0.3 is 0 Å². The second-order valence-electron chi connectivity index (χ2n) is 5.81. The van der Waals surface area contributed by atoms with Gasteiger partial charge in [-0.2, -0.15) is 0 Å². The topological polar surface area (TPSA) is 92.1 Å². The first-order chi connectivity index (χ1) is 12.1. The summed E-state index contributed by atoms with van der Waals surface area (Å²) in [6.45, 7) is 2.84. The SMILES string of the molecule is CCN(Cc1nc2ccccc2c(=O)[nH]1)C(C(N)=O)c1ccccc1. The van der Waals surface area contributed by atoms with Crippen LogP contribution in [0.2, 0.25) is 0 Å². The lowest BCUT2D eigenvalue weighted by Gasteiger charge is -2.28. The molecule has 0 saturated heterocycles. The molecule has 0 aliphatic rings. The number of carbonyl (C=O) groups is 1. The Labute approximate surface area is 145 Å². The minimum absolute atomic E-state index is 0.188. The minimum Gasteiger partial charge on any atom is -0.368 e. The molecule has 128 valence electrons. The summed E-state index contributed by atoms with van der Waals surface area (Å²) in [4.78, 5) is 33.5. The van der Waals surface area contributed by atoms with Gasteiger partial charge in [-0.3, -0.25) is 14.5 Å². The molecule has 3 aromatic rings. The quantitative estimate of drug-likeness (QED) is 0.720. The van der Waals surface area contributed by atoms with Crippen molar-refractivity contribution in [3.05, 3.63) is 76.3 Å². The molecule has 0 aliphatic heterocycles. The summed E-state index contributed by atoms with van der Waals surface area (Å²) in [6, 6.07) is 16.0. The molecular formula is C19H20N4O2. The number of likely N-dealkylation sites (N-methyl/N-ethyl adjacent to an activating group) is 1. The van der Waals surface area contributed by atoms with E-state index < -0.39 is 11.9 Å². The van der Waals surface area contributed by atoms with E-state index in [1.165, 1.54) is 0 Å². The minimum atomic E-state index is -0.581. The van der Waals surface area contributed by atoms with Gasteiger partial charge in [-0.1, -0.05) is 49.4 Å². The van der Waals surface area contributed by atoms with Gasteiger partial charge < -0.3 is 10.7 Å². The van der Waals surface area contributed by atoms with Crippen LogP contribution >= 0.6 is 0 Å². The number of benzene rings is 2. The molecule has 0 fully saturated rings. The number of nitrogens with zero attached hydrogens (tertiary/aromatic N) is 2. The number of primary amides is 1. The second-order valence-corrected chi connectivity index (χ2v) is 5.81. The van der Waals surface area contributed by atoms with Crippen LogP contribution < -0.4 is 11.3 Å². The van der Waals surface area contributed by atoms with Crippen molar-refractivity contribution in [2.24, 2.45) is 5.73 Å². The number of fused-ring (bicyclic) bond motifs is 1. The highest BCUT2D eigenvalue weighted by Crippen LogP contribution is 2.21. The van der Waals surface area contributed by atoms with Crippen LogP contribution in [0.15, 0.2) is 59.4 Å². The molecule has 0 spiro atoms. The third kappa shape index (κ3) is 3.59. The van der Waals surface area contributed by atoms with Crippen LogP contribution in [0.4, 0.5) is 0 Å². The third-order valence-corrected chi connectivity index (χ3v) is 4.17. The van der Waals surface area contributed by atoms with Gasteiger partial charge in [-0.15, -0.1) is 0 Å². The van der Waals surface area contributed by atoms with Gasteiger partial charge in [0.1, 0.15) is 11.9 Å². The number of carbonyl (C=O) groups excluding carboxylic acids is 1. The van der Waals surface area contributed by atoms with Crippen LogP contribution in [-0.2, 0) is 11.3 Å². The Bertz CT molecular complexity index is 937. The Morgan fingerprint density at radius 2 is 1.84 bits per heavy atom. The largest absolute Gasteiger partial charge is 0.368 e. The monoisotopic (exact) mass is 336 g/mol.